The number of aromatic nitrogens is 1. The summed E-state index contributed by atoms with van der Waals surface area (Å²) >= 11 is 5.84. The minimum Gasteiger partial charge on any atom is -0.493 e. The molecular weight excluding hydrogens is 436 g/mol. The van der Waals surface area contributed by atoms with E-state index in [2.05, 4.69) is 15.2 Å². The molecule has 0 bridgehead atoms. The number of carbonyl (C=O) groups is 2. The summed E-state index contributed by atoms with van der Waals surface area (Å²) in [7, 11) is 1.31. The van der Waals surface area contributed by atoms with Gasteiger partial charge in [0.2, 0.25) is 0 Å². The van der Waals surface area contributed by atoms with Gasteiger partial charge in [0.25, 0.3) is 11.8 Å². The van der Waals surface area contributed by atoms with E-state index >= 15 is 0 Å². The first-order chi connectivity index (χ1) is 14.8. The van der Waals surface area contributed by atoms with Crippen LogP contribution in [0, 0.1) is 5.82 Å². The second-order valence-electron chi connectivity index (χ2n) is 5.97. The summed E-state index contributed by atoms with van der Waals surface area (Å²) in [5.74, 6) is -2.98. The van der Waals surface area contributed by atoms with Crippen molar-refractivity contribution in [3.63, 3.8) is 0 Å². The van der Waals surface area contributed by atoms with Gasteiger partial charge in [-0.15, -0.1) is 0 Å². The zero-order valence-corrected chi connectivity index (χ0v) is 16.6. The van der Waals surface area contributed by atoms with Crippen molar-refractivity contribution in [2.75, 3.05) is 12.4 Å². The minimum atomic E-state index is -1.04. The Kier molecular flexibility index (Phi) is 6.51. The van der Waals surface area contributed by atoms with Gasteiger partial charge in [-0.3, -0.25) is 19.5 Å². The van der Waals surface area contributed by atoms with Crippen molar-refractivity contribution in [1.29, 1.82) is 0 Å². The molecule has 0 atom stereocenters. The normalized spacial score (nSPS) is 10.3. The molecule has 8 nitrogen and oxygen atoms in total. The van der Waals surface area contributed by atoms with E-state index in [1.165, 1.54) is 55.8 Å². The lowest BCUT2D eigenvalue weighted by Gasteiger charge is -2.15. The average molecular weight is 450 g/mol. The van der Waals surface area contributed by atoms with E-state index in [0.717, 1.165) is 0 Å². The van der Waals surface area contributed by atoms with Crippen molar-refractivity contribution < 1.29 is 32.9 Å². The first-order valence-electron chi connectivity index (χ1n) is 8.53. The van der Waals surface area contributed by atoms with Gasteiger partial charge in [-0.25, -0.2) is 4.39 Å². The Morgan fingerprint density at radius 2 is 1.84 bits per heavy atom. The van der Waals surface area contributed by atoms with Gasteiger partial charge in [0.1, 0.15) is 17.0 Å². The number of nitrogens with two attached hydrogens (primary N) is 1. The third kappa shape index (κ3) is 4.81. The van der Waals surface area contributed by atoms with Crippen LogP contribution in [0.15, 0.2) is 48.7 Å². The standard InChI is InChI=1S/C20H14ClF2N3O5/c1-29-16-9-11(31-23)2-4-14(16)30-15-5-3-12(21)18(22)17(15)20(28)26-10-6-7-25-13(8-10)19(24)27/h2-9H,1H3,(H2,24,27)(H,25,26,28). The predicted octanol–water partition coefficient (Wildman–Crippen LogP) is 4.29. The molecule has 1 aromatic heterocycles. The summed E-state index contributed by atoms with van der Waals surface area (Å²) in [5.41, 5.74) is 4.70. The fraction of sp³-hybridized carbons (Fsp3) is 0.0500. The first kappa shape index (κ1) is 21.8. The van der Waals surface area contributed by atoms with Gasteiger partial charge in [-0.1, -0.05) is 11.6 Å². The number of hydrogen-bond acceptors (Lipinski definition) is 6. The number of amides is 2. The maximum Gasteiger partial charge on any atom is 0.267 e. The Balaban J connectivity index is 1.98. The van der Waals surface area contributed by atoms with E-state index in [0.29, 0.717) is 0 Å². The molecule has 0 aliphatic rings. The molecule has 1 heterocycles. The Hall–Kier alpha value is -3.92. The molecular formula is C20H14ClF2N3O5. The lowest BCUT2D eigenvalue weighted by molar-refractivity contribution is -0.00647. The van der Waals surface area contributed by atoms with E-state index < -0.39 is 23.2 Å². The van der Waals surface area contributed by atoms with Gasteiger partial charge in [-0.05, 0) is 36.4 Å². The van der Waals surface area contributed by atoms with Gasteiger partial charge < -0.3 is 20.5 Å². The van der Waals surface area contributed by atoms with Crippen LogP contribution in [-0.2, 0) is 0 Å². The number of ether oxygens (including phenoxy) is 2. The van der Waals surface area contributed by atoms with Gasteiger partial charge in [0.15, 0.2) is 23.1 Å². The number of primary amides is 1. The number of benzene rings is 2. The van der Waals surface area contributed by atoms with Crippen LogP contribution in [-0.4, -0.2) is 23.9 Å². The molecule has 0 saturated carbocycles. The Bertz CT molecular complexity index is 1160. The number of carbonyl (C=O) groups excluding carboxylic acids is 2. The van der Waals surface area contributed by atoms with Crippen LogP contribution >= 0.6 is 11.6 Å². The van der Waals surface area contributed by atoms with E-state index in [-0.39, 0.29) is 39.4 Å². The van der Waals surface area contributed by atoms with E-state index in [1.54, 1.807) is 0 Å². The predicted molar refractivity (Wildman–Crippen MR) is 107 cm³/mol. The number of methoxy groups -OCH3 is 1. The third-order valence-electron chi connectivity index (χ3n) is 4.00. The summed E-state index contributed by atoms with van der Waals surface area (Å²) < 4.78 is 37.9. The Morgan fingerprint density at radius 1 is 1.10 bits per heavy atom. The molecule has 0 fully saturated rings. The second-order valence-corrected chi connectivity index (χ2v) is 6.38. The van der Waals surface area contributed by atoms with Crippen LogP contribution < -0.4 is 25.5 Å². The highest BCUT2D eigenvalue weighted by atomic mass is 35.5. The molecule has 3 N–H and O–H groups in total. The number of nitrogens with one attached hydrogen (secondary N) is 1. The maximum atomic E-state index is 14.8. The largest absolute Gasteiger partial charge is 0.493 e. The maximum absolute atomic E-state index is 14.8. The minimum absolute atomic E-state index is 0.0546. The van der Waals surface area contributed by atoms with Crippen LogP contribution in [0.1, 0.15) is 20.8 Å². The number of anilines is 1. The average Bonchev–Trinajstić information content (AvgIpc) is 2.76. The third-order valence-corrected chi connectivity index (χ3v) is 4.29. The van der Waals surface area contributed by atoms with Crippen molar-refractivity contribution in [3.8, 4) is 23.0 Å². The molecule has 160 valence electrons. The molecule has 2 amide bonds. The summed E-state index contributed by atoms with van der Waals surface area (Å²) in [6.07, 6.45) is 1.25. The van der Waals surface area contributed by atoms with Crippen molar-refractivity contribution in [2.24, 2.45) is 5.73 Å². The number of nitrogens with zero attached hydrogens (tertiary/aromatic N) is 1. The number of pyridine rings is 1. The van der Waals surface area contributed by atoms with E-state index in [4.69, 9.17) is 26.8 Å². The van der Waals surface area contributed by atoms with Crippen LogP contribution in [0.3, 0.4) is 0 Å². The van der Waals surface area contributed by atoms with Gasteiger partial charge in [-0.2, -0.15) is 0 Å². The van der Waals surface area contributed by atoms with E-state index in [1.807, 2.05) is 0 Å². The first-order valence-corrected chi connectivity index (χ1v) is 8.91. The fourth-order valence-electron chi connectivity index (χ4n) is 2.56. The Morgan fingerprint density at radius 3 is 2.52 bits per heavy atom. The zero-order valence-electron chi connectivity index (χ0n) is 15.8. The topological polar surface area (TPSA) is 113 Å². The van der Waals surface area contributed by atoms with Crippen molar-refractivity contribution >= 4 is 29.1 Å². The highest BCUT2D eigenvalue weighted by molar-refractivity contribution is 6.31. The summed E-state index contributed by atoms with van der Waals surface area (Å²) in [6, 6.07) is 8.83. The van der Waals surface area contributed by atoms with Crippen LogP contribution in [0.2, 0.25) is 5.02 Å². The Labute approximate surface area is 179 Å². The van der Waals surface area contributed by atoms with Crippen LogP contribution in [0.25, 0.3) is 0 Å². The van der Waals surface area contributed by atoms with Gasteiger partial charge in [0.05, 0.1) is 12.1 Å². The van der Waals surface area contributed by atoms with Gasteiger partial charge >= 0.3 is 0 Å². The summed E-state index contributed by atoms with van der Waals surface area (Å²) in [4.78, 5) is 31.5. The quantitative estimate of drug-likeness (QED) is 0.556. The van der Waals surface area contributed by atoms with Crippen molar-refractivity contribution in [2.45, 2.75) is 0 Å². The molecule has 11 heteroatoms. The molecule has 2 aromatic carbocycles. The molecule has 0 aliphatic heterocycles. The number of rotatable bonds is 7. The smallest absolute Gasteiger partial charge is 0.267 e. The van der Waals surface area contributed by atoms with Crippen molar-refractivity contribution in [1.82, 2.24) is 4.98 Å². The highest BCUT2D eigenvalue weighted by Gasteiger charge is 2.23. The molecule has 0 radical (unpaired) electrons. The highest BCUT2D eigenvalue weighted by Crippen LogP contribution is 2.38. The molecule has 0 unspecified atom stereocenters. The van der Waals surface area contributed by atoms with Crippen molar-refractivity contribution in [3.05, 3.63) is 70.8 Å². The molecule has 0 aliphatic carbocycles. The number of halogens is 3. The molecule has 3 aromatic rings. The molecule has 0 spiro atoms. The molecule has 3 rings (SSSR count). The number of hydrogen-bond donors (Lipinski definition) is 2. The van der Waals surface area contributed by atoms with Gasteiger partial charge in [0, 0.05) is 22.5 Å². The zero-order chi connectivity index (χ0) is 22.5. The molecule has 31 heavy (non-hydrogen) atoms. The SMILES string of the molecule is COc1cc(OF)ccc1Oc1ccc(Cl)c(F)c1C(=O)Nc1ccnc(C(N)=O)c1. The lowest BCUT2D eigenvalue weighted by Crippen LogP contribution is -2.17. The second kappa shape index (κ2) is 9.26. The van der Waals surface area contributed by atoms with E-state index in [9.17, 15) is 18.5 Å². The van der Waals surface area contributed by atoms with Crippen LogP contribution in [0.5, 0.6) is 23.0 Å². The van der Waals surface area contributed by atoms with Crippen LogP contribution in [0.4, 0.5) is 14.6 Å². The summed E-state index contributed by atoms with van der Waals surface area (Å²) in [6.45, 7) is 0. The summed E-state index contributed by atoms with van der Waals surface area (Å²) in [5, 5.41) is 2.11. The molecule has 0 saturated heterocycles. The monoisotopic (exact) mass is 449 g/mol. The fourth-order valence-corrected chi connectivity index (χ4v) is 2.72. The lowest BCUT2D eigenvalue weighted by atomic mass is 10.1.